The number of sulfonamides is 1. The van der Waals surface area contributed by atoms with Crippen LogP contribution in [0.1, 0.15) is 18.1 Å². The van der Waals surface area contributed by atoms with Crippen LogP contribution in [0.25, 0.3) is 0 Å². The summed E-state index contributed by atoms with van der Waals surface area (Å²) in [7, 11) is -3.56. The first-order valence-corrected chi connectivity index (χ1v) is 7.07. The molecule has 94 valence electrons. The second-order valence-corrected chi connectivity index (χ2v) is 6.46. The zero-order valence-corrected chi connectivity index (χ0v) is 11.7. The number of thiocarbonyl (C=S) groups is 1. The molecule has 1 aromatic rings. The first-order chi connectivity index (χ1) is 7.74. The molecule has 0 heterocycles. The van der Waals surface area contributed by atoms with E-state index in [0.29, 0.717) is 5.69 Å². The summed E-state index contributed by atoms with van der Waals surface area (Å²) in [5.41, 5.74) is 7.99. The summed E-state index contributed by atoms with van der Waals surface area (Å²) in [6, 6.07) is 5.35. The SMILES string of the molecule is Cc1ccc(NS(=O)(=O)C(C)C(N)=S)cc1C. The minimum atomic E-state index is -3.56. The normalized spacial score (nSPS) is 13.1. The van der Waals surface area contributed by atoms with Crippen molar-refractivity contribution >= 4 is 32.9 Å². The van der Waals surface area contributed by atoms with E-state index in [-0.39, 0.29) is 4.99 Å². The van der Waals surface area contributed by atoms with Crippen molar-refractivity contribution in [3.05, 3.63) is 29.3 Å². The minimum absolute atomic E-state index is 0.0404. The zero-order valence-electron chi connectivity index (χ0n) is 10.0. The van der Waals surface area contributed by atoms with E-state index in [2.05, 4.69) is 16.9 Å². The van der Waals surface area contributed by atoms with Crippen LogP contribution in [0.2, 0.25) is 0 Å². The monoisotopic (exact) mass is 272 g/mol. The van der Waals surface area contributed by atoms with Crippen LogP contribution in [0.4, 0.5) is 5.69 Å². The number of hydrogen-bond acceptors (Lipinski definition) is 3. The van der Waals surface area contributed by atoms with Gasteiger partial charge in [0.1, 0.15) is 5.25 Å². The fourth-order valence-corrected chi connectivity index (χ4v) is 2.53. The molecule has 0 bridgehead atoms. The molecule has 0 saturated heterocycles. The molecule has 3 N–H and O–H groups in total. The molecule has 1 unspecified atom stereocenters. The van der Waals surface area contributed by atoms with Crippen LogP contribution >= 0.6 is 12.2 Å². The Morgan fingerprint density at radius 2 is 1.94 bits per heavy atom. The highest BCUT2D eigenvalue weighted by Gasteiger charge is 2.23. The number of anilines is 1. The van der Waals surface area contributed by atoms with E-state index in [1.165, 1.54) is 6.92 Å². The molecule has 6 heteroatoms. The van der Waals surface area contributed by atoms with Crippen LogP contribution in [0.15, 0.2) is 18.2 Å². The van der Waals surface area contributed by atoms with Gasteiger partial charge < -0.3 is 5.73 Å². The van der Waals surface area contributed by atoms with Gasteiger partial charge >= 0.3 is 0 Å². The molecule has 1 aromatic carbocycles. The molecule has 0 saturated carbocycles. The highest BCUT2D eigenvalue weighted by molar-refractivity contribution is 7.95. The molecule has 0 spiro atoms. The lowest BCUT2D eigenvalue weighted by atomic mass is 10.1. The molecular formula is C11H16N2O2S2. The van der Waals surface area contributed by atoms with E-state index < -0.39 is 15.3 Å². The van der Waals surface area contributed by atoms with Gasteiger partial charge in [0.2, 0.25) is 10.0 Å². The summed E-state index contributed by atoms with van der Waals surface area (Å²) >= 11 is 4.69. The molecule has 0 amide bonds. The molecule has 0 radical (unpaired) electrons. The van der Waals surface area contributed by atoms with Gasteiger partial charge in [-0.2, -0.15) is 0 Å². The molecule has 0 aliphatic rings. The maximum atomic E-state index is 11.9. The number of nitrogens with two attached hydrogens (primary N) is 1. The van der Waals surface area contributed by atoms with Gasteiger partial charge in [0, 0.05) is 5.69 Å². The van der Waals surface area contributed by atoms with Crippen molar-refractivity contribution in [2.45, 2.75) is 26.0 Å². The van der Waals surface area contributed by atoms with Crippen LogP contribution in [0.3, 0.4) is 0 Å². The fourth-order valence-electron chi connectivity index (χ4n) is 1.21. The lowest BCUT2D eigenvalue weighted by Crippen LogP contribution is -2.35. The summed E-state index contributed by atoms with van der Waals surface area (Å²) in [6.07, 6.45) is 0. The largest absolute Gasteiger partial charge is 0.392 e. The van der Waals surface area contributed by atoms with Crippen molar-refractivity contribution in [1.82, 2.24) is 0 Å². The first-order valence-electron chi connectivity index (χ1n) is 5.12. The van der Waals surface area contributed by atoms with Crippen LogP contribution in [-0.4, -0.2) is 18.7 Å². The lowest BCUT2D eigenvalue weighted by molar-refractivity contribution is 0.598. The summed E-state index contributed by atoms with van der Waals surface area (Å²) in [4.78, 5) is -0.0404. The summed E-state index contributed by atoms with van der Waals surface area (Å²) in [5, 5.41) is -0.890. The minimum Gasteiger partial charge on any atom is -0.392 e. The third-order valence-corrected chi connectivity index (χ3v) is 4.84. The van der Waals surface area contributed by atoms with Gasteiger partial charge in [0.05, 0.1) is 4.99 Å². The molecule has 17 heavy (non-hydrogen) atoms. The van der Waals surface area contributed by atoms with E-state index in [1.54, 1.807) is 12.1 Å². The maximum absolute atomic E-state index is 11.9. The van der Waals surface area contributed by atoms with Crippen molar-refractivity contribution in [3.8, 4) is 0 Å². The van der Waals surface area contributed by atoms with Gasteiger partial charge in [-0.05, 0) is 44.0 Å². The number of aryl methyl sites for hydroxylation is 2. The Bertz CT molecular complexity index is 538. The highest BCUT2D eigenvalue weighted by Crippen LogP contribution is 2.16. The molecule has 1 rings (SSSR count). The maximum Gasteiger partial charge on any atom is 0.241 e. The van der Waals surface area contributed by atoms with E-state index in [0.717, 1.165) is 11.1 Å². The third kappa shape index (κ3) is 3.41. The third-order valence-electron chi connectivity index (χ3n) is 2.63. The zero-order chi connectivity index (χ0) is 13.2. The lowest BCUT2D eigenvalue weighted by Gasteiger charge is -2.14. The topological polar surface area (TPSA) is 72.2 Å². The second kappa shape index (κ2) is 5.01. The Hall–Kier alpha value is -1.14. The van der Waals surface area contributed by atoms with Crippen molar-refractivity contribution in [1.29, 1.82) is 0 Å². The Balaban J connectivity index is 2.98. The van der Waals surface area contributed by atoms with E-state index >= 15 is 0 Å². The van der Waals surface area contributed by atoms with E-state index in [9.17, 15) is 8.42 Å². The van der Waals surface area contributed by atoms with Crippen molar-refractivity contribution < 1.29 is 8.42 Å². The van der Waals surface area contributed by atoms with Crippen LogP contribution in [0, 0.1) is 13.8 Å². The molecule has 0 fully saturated rings. The van der Waals surface area contributed by atoms with Crippen molar-refractivity contribution in [2.75, 3.05) is 4.72 Å². The van der Waals surface area contributed by atoms with Crippen LogP contribution < -0.4 is 10.5 Å². The summed E-state index contributed by atoms with van der Waals surface area (Å²) < 4.78 is 26.2. The van der Waals surface area contributed by atoms with Crippen LogP contribution in [-0.2, 0) is 10.0 Å². The van der Waals surface area contributed by atoms with Gasteiger partial charge in [-0.1, -0.05) is 18.3 Å². The Kier molecular flexibility index (Phi) is 4.11. The Morgan fingerprint density at radius 1 is 1.35 bits per heavy atom. The highest BCUT2D eigenvalue weighted by atomic mass is 32.2. The Labute approximate surface area is 107 Å². The molecule has 0 aromatic heterocycles. The van der Waals surface area contributed by atoms with Gasteiger partial charge in [-0.3, -0.25) is 4.72 Å². The standard InChI is InChI=1S/C11H16N2O2S2/c1-7-4-5-10(6-8(7)2)13-17(14,15)9(3)11(12)16/h4-6,9,13H,1-3H3,(H2,12,16). The quantitative estimate of drug-likeness (QED) is 0.819. The van der Waals surface area contributed by atoms with E-state index in [1.807, 2.05) is 19.9 Å². The predicted octanol–water partition coefficient (Wildman–Crippen LogP) is 1.72. The Morgan fingerprint density at radius 3 is 2.41 bits per heavy atom. The smallest absolute Gasteiger partial charge is 0.241 e. The van der Waals surface area contributed by atoms with Crippen LogP contribution in [0.5, 0.6) is 0 Å². The average Bonchev–Trinajstić information content (AvgIpc) is 2.22. The molecular weight excluding hydrogens is 256 g/mol. The molecule has 1 atom stereocenters. The average molecular weight is 272 g/mol. The molecule has 0 aliphatic heterocycles. The van der Waals surface area contributed by atoms with Gasteiger partial charge in [0.25, 0.3) is 0 Å². The predicted molar refractivity (Wildman–Crippen MR) is 74.7 cm³/mol. The summed E-state index contributed by atoms with van der Waals surface area (Å²) in [5.74, 6) is 0. The number of rotatable bonds is 4. The molecule has 0 aliphatic carbocycles. The fraction of sp³-hybridized carbons (Fsp3) is 0.364. The molecule has 4 nitrogen and oxygen atoms in total. The van der Waals surface area contributed by atoms with Gasteiger partial charge in [-0.25, -0.2) is 8.42 Å². The summed E-state index contributed by atoms with van der Waals surface area (Å²) in [6.45, 7) is 5.35. The van der Waals surface area contributed by atoms with Crippen molar-refractivity contribution in [3.63, 3.8) is 0 Å². The second-order valence-electron chi connectivity index (χ2n) is 3.99. The first kappa shape index (κ1) is 13.9. The number of hydrogen-bond donors (Lipinski definition) is 2. The van der Waals surface area contributed by atoms with Gasteiger partial charge in [-0.15, -0.1) is 0 Å². The van der Waals surface area contributed by atoms with Gasteiger partial charge in [0.15, 0.2) is 0 Å². The number of benzene rings is 1. The van der Waals surface area contributed by atoms with E-state index in [4.69, 9.17) is 5.73 Å². The number of nitrogens with one attached hydrogen (secondary N) is 1. The van der Waals surface area contributed by atoms with Crippen molar-refractivity contribution in [2.24, 2.45) is 5.73 Å².